The van der Waals surface area contributed by atoms with Gasteiger partial charge in [0.1, 0.15) is 0 Å². The van der Waals surface area contributed by atoms with Gasteiger partial charge in [0.25, 0.3) is 10.0 Å². The molecule has 0 radical (unpaired) electrons. The highest BCUT2D eigenvalue weighted by Crippen LogP contribution is 2.25. The zero-order valence-electron chi connectivity index (χ0n) is 12.8. The first-order valence-electron chi connectivity index (χ1n) is 7.05. The minimum absolute atomic E-state index is 0.00849. The molecule has 2 rings (SSSR count). The van der Waals surface area contributed by atoms with E-state index in [-0.39, 0.29) is 22.7 Å². The molecule has 0 bridgehead atoms. The minimum Gasteiger partial charge on any atom is -0.481 e. The molecular weight excluding hydrogens is 370 g/mol. The van der Waals surface area contributed by atoms with Gasteiger partial charge in [-0.05, 0) is 48.5 Å². The van der Waals surface area contributed by atoms with Crippen molar-refractivity contribution in [1.29, 1.82) is 0 Å². The van der Waals surface area contributed by atoms with E-state index < -0.39 is 28.4 Å². The Morgan fingerprint density at radius 2 is 1.52 bits per heavy atom. The number of rotatable bonds is 7. The number of halogens is 1. The van der Waals surface area contributed by atoms with Crippen LogP contribution in [0, 0.1) is 0 Å². The molecule has 0 fully saturated rings. The van der Waals surface area contributed by atoms with Gasteiger partial charge in [0.15, 0.2) is 0 Å². The van der Waals surface area contributed by atoms with Crippen LogP contribution in [0.25, 0.3) is 0 Å². The van der Waals surface area contributed by atoms with Crippen LogP contribution in [0.2, 0.25) is 5.02 Å². The maximum atomic E-state index is 12.8. The van der Waals surface area contributed by atoms with Crippen LogP contribution in [-0.4, -0.2) is 37.1 Å². The second kappa shape index (κ2) is 7.54. The van der Waals surface area contributed by atoms with Crippen LogP contribution in [-0.2, 0) is 14.8 Å². The summed E-state index contributed by atoms with van der Waals surface area (Å²) >= 11 is 5.77. The van der Waals surface area contributed by atoms with Crippen LogP contribution >= 0.6 is 11.6 Å². The molecule has 2 aromatic rings. The van der Waals surface area contributed by atoms with Gasteiger partial charge >= 0.3 is 11.9 Å². The average Bonchev–Trinajstić information content (AvgIpc) is 2.55. The Kier molecular flexibility index (Phi) is 5.66. The SMILES string of the molecule is O=C(O)CCN(c1ccc(C(=O)O)cc1)S(=O)(=O)c1ccc(Cl)cc1. The van der Waals surface area contributed by atoms with E-state index in [1.807, 2.05) is 0 Å². The maximum absolute atomic E-state index is 12.8. The predicted octanol–water partition coefficient (Wildman–Crippen LogP) is 2.71. The molecule has 0 saturated heterocycles. The van der Waals surface area contributed by atoms with Crippen LogP contribution in [0.3, 0.4) is 0 Å². The fourth-order valence-corrected chi connectivity index (χ4v) is 3.68. The van der Waals surface area contributed by atoms with Gasteiger partial charge < -0.3 is 10.2 Å². The van der Waals surface area contributed by atoms with Crippen molar-refractivity contribution < 1.29 is 28.2 Å². The Morgan fingerprint density at radius 3 is 2.00 bits per heavy atom. The van der Waals surface area contributed by atoms with E-state index in [1.165, 1.54) is 48.5 Å². The van der Waals surface area contributed by atoms with Gasteiger partial charge in [-0.1, -0.05) is 11.6 Å². The lowest BCUT2D eigenvalue weighted by molar-refractivity contribution is -0.136. The molecule has 0 atom stereocenters. The number of carboxylic acid groups (broad SMARTS) is 2. The van der Waals surface area contributed by atoms with Crippen molar-refractivity contribution in [3.63, 3.8) is 0 Å². The number of hydrogen-bond acceptors (Lipinski definition) is 4. The van der Waals surface area contributed by atoms with Gasteiger partial charge in [-0.3, -0.25) is 9.10 Å². The average molecular weight is 384 g/mol. The van der Waals surface area contributed by atoms with Crippen molar-refractivity contribution in [2.45, 2.75) is 11.3 Å². The summed E-state index contributed by atoms with van der Waals surface area (Å²) in [5.41, 5.74) is 0.159. The number of sulfonamides is 1. The first-order chi connectivity index (χ1) is 11.7. The monoisotopic (exact) mass is 383 g/mol. The first kappa shape index (κ1) is 18.8. The molecule has 132 valence electrons. The zero-order valence-corrected chi connectivity index (χ0v) is 14.4. The number of carbonyl (C=O) groups is 2. The van der Waals surface area contributed by atoms with Gasteiger partial charge in [-0.2, -0.15) is 0 Å². The molecule has 9 heteroatoms. The summed E-state index contributed by atoms with van der Waals surface area (Å²) in [6.07, 6.45) is -0.409. The summed E-state index contributed by atoms with van der Waals surface area (Å²) in [5.74, 6) is -2.30. The lowest BCUT2D eigenvalue weighted by Crippen LogP contribution is -2.33. The topological polar surface area (TPSA) is 112 Å². The van der Waals surface area contributed by atoms with E-state index in [9.17, 15) is 18.0 Å². The van der Waals surface area contributed by atoms with E-state index in [2.05, 4.69) is 0 Å². The molecule has 0 saturated carbocycles. The molecule has 0 amide bonds. The summed E-state index contributed by atoms with van der Waals surface area (Å²) in [6.45, 7) is -0.299. The van der Waals surface area contributed by atoms with Crippen molar-refractivity contribution in [3.05, 3.63) is 59.1 Å². The van der Waals surface area contributed by atoms with E-state index in [0.29, 0.717) is 5.02 Å². The quantitative estimate of drug-likeness (QED) is 0.760. The minimum atomic E-state index is -4.04. The largest absolute Gasteiger partial charge is 0.481 e. The Hall–Kier alpha value is -2.58. The Bertz CT molecular complexity index is 878. The van der Waals surface area contributed by atoms with Crippen molar-refractivity contribution in [2.75, 3.05) is 10.8 Å². The number of anilines is 1. The van der Waals surface area contributed by atoms with Gasteiger partial charge in [0, 0.05) is 11.6 Å². The first-order valence-corrected chi connectivity index (χ1v) is 8.87. The second-order valence-corrected chi connectivity index (χ2v) is 7.33. The highest BCUT2D eigenvalue weighted by atomic mass is 35.5. The number of aliphatic carboxylic acids is 1. The highest BCUT2D eigenvalue weighted by Gasteiger charge is 2.25. The third kappa shape index (κ3) is 4.49. The molecule has 0 unspecified atom stereocenters. The number of hydrogen-bond donors (Lipinski definition) is 2. The number of aromatic carboxylic acids is 1. The Morgan fingerprint density at radius 1 is 0.960 bits per heavy atom. The van der Waals surface area contributed by atoms with Crippen molar-refractivity contribution >= 4 is 39.3 Å². The molecule has 25 heavy (non-hydrogen) atoms. The van der Waals surface area contributed by atoms with Gasteiger partial charge in [0.2, 0.25) is 0 Å². The summed E-state index contributed by atoms with van der Waals surface area (Å²) in [5, 5.41) is 18.2. The predicted molar refractivity (Wildman–Crippen MR) is 91.6 cm³/mol. The summed E-state index contributed by atoms with van der Waals surface area (Å²) in [7, 11) is -4.04. The third-order valence-electron chi connectivity index (χ3n) is 3.33. The Balaban J connectivity index is 2.45. The molecule has 0 aliphatic rings. The summed E-state index contributed by atoms with van der Waals surface area (Å²) in [4.78, 5) is 21.7. The molecular formula is C16H14ClNO6S. The highest BCUT2D eigenvalue weighted by molar-refractivity contribution is 7.92. The smallest absolute Gasteiger partial charge is 0.335 e. The summed E-state index contributed by atoms with van der Waals surface area (Å²) in [6, 6.07) is 10.6. The van der Waals surface area contributed by atoms with Crippen LogP contribution in [0.4, 0.5) is 5.69 Å². The lowest BCUT2D eigenvalue weighted by atomic mass is 10.2. The molecule has 2 aromatic carbocycles. The number of carboxylic acids is 2. The van der Waals surface area contributed by atoms with E-state index in [0.717, 1.165) is 4.31 Å². The molecule has 2 N–H and O–H groups in total. The standard InChI is InChI=1S/C16H14ClNO6S/c17-12-3-7-14(8-4-12)25(23,24)18(10-9-15(19)20)13-5-1-11(2-6-13)16(21)22/h1-8H,9-10H2,(H,19,20)(H,21,22). The van der Waals surface area contributed by atoms with Crippen molar-refractivity contribution in [3.8, 4) is 0 Å². The Labute approximate surface area is 149 Å². The molecule has 0 aliphatic carbocycles. The molecule has 0 heterocycles. The molecule has 0 aromatic heterocycles. The maximum Gasteiger partial charge on any atom is 0.335 e. The van der Waals surface area contributed by atoms with E-state index >= 15 is 0 Å². The van der Waals surface area contributed by atoms with E-state index in [1.54, 1.807) is 0 Å². The summed E-state index contributed by atoms with van der Waals surface area (Å²) < 4.78 is 26.6. The van der Waals surface area contributed by atoms with Crippen LogP contribution < -0.4 is 4.31 Å². The normalized spacial score (nSPS) is 11.1. The van der Waals surface area contributed by atoms with E-state index in [4.69, 9.17) is 21.8 Å². The molecule has 0 spiro atoms. The fourth-order valence-electron chi connectivity index (χ4n) is 2.09. The van der Waals surface area contributed by atoms with Gasteiger partial charge in [-0.25, -0.2) is 13.2 Å². The zero-order chi connectivity index (χ0) is 18.6. The van der Waals surface area contributed by atoms with Crippen molar-refractivity contribution in [1.82, 2.24) is 0 Å². The third-order valence-corrected chi connectivity index (χ3v) is 5.43. The second-order valence-electron chi connectivity index (χ2n) is 5.03. The van der Waals surface area contributed by atoms with Crippen molar-refractivity contribution in [2.24, 2.45) is 0 Å². The van der Waals surface area contributed by atoms with Gasteiger partial charge in [-0.15, -0.1) is 0 Å². The molecule has 0 aliphatic heterocycles. The van der Waals surface area contributed by atoms with Crippen LogP contribution in [0.15, 0.2) is 53.4 Å². The molecule has 7 nitrogen and oxygen atoms in total. The fraction of sp³-hybridized carbons (Fsp3) is 0.125. The van der Waals surface area contributed by atoms with Crippen LogP contribution in [0.5, 0.6) is 0 Å². The van der Waals surface area contributed by atoms with Gasteiger partial charge in [0.05, 0.1) is 22.6 Å². The lowest BCUT2D eigenvalue weighted by Gasteiger charge is -2.24. The van der Waals surface area contributed by atoms with Crippen LogP contribution in [0.1, 0.15) is 16.8 Å². The number of benzene rings is 2. The number of nitrogens with zero attached hydrogens (tertiary/aromatic N) is 1.